The Morgan fingerprint density at radius 2 is 2.16 bits per heavy atom. The van der Waals surface area contributed by atoms with E-state index in [1.807, 2.05) is 17.9 Å². The molecule has 1 aliphatic rings. The summed E-state index contributed by atoms with van der Waals surface area (Å²) in [5.74, 6) is 0.188. The molecule has 1 aromatic rings. The normalized spacial score (nSPS) is 24.5. The van der Waals surface area contributed by atoms with Crippen molar-refractivity contribution < 1.29 is 4.79 Å². The highest BCUT2D eigenvalue weighted by Gasteiger charge is 2.40. The number of hydrogen-bond donors (Lipinski definition) is 1. The highest BCUT2D eigenvalue weighted by Crippen LogP contribution is 2.30. The van der Waals surface area contributed by atoms with E-state index >= 15 is 0 Å². The Morgan fingerprint density at radius 3 is 2.68 bits per heavy atom. The van der Waals surface area contributed by atoms with E-state index in [9.17, 15) is 4.79 Å². The molecule has 0 aliphatic carbocycles. The van der Waals surface area contributed by atoms with E-state index < -0.39 is 0 Å². The third-order valence-electron chi connectivity index (χ3n) is 3.95. The molecule has 1 amide bonds. The van der Waals surface area contributed by atoms with Gasteiger partial charge in [0.1, 0.15) is 6.17 Å². The summed E-state index contributed by atoms with van der Waals surface area (Å²) >= 11 is 1.69. The number of hydrogen-bond acceptors (Lipinski definition) is 4. The summed E-state index contributed by atoms with van der Waals surface area (Å²) < 4.78 is 0. The third kappa shape index (κ3) is 2.83. The van der Waals surface area contributed by atoms with Crippen molar-refractivity contribution in [2.24, 2.45) is 0 Å². The van der Waals surface area contributed by atoms with Gasteiger partial charge in [0.05, 0.1) is 6.04 Å². The topological polar surface area (TPSA) is 35.6 Å². The van der Waals surface area contributed by atoms with Gasteiger partial charge in [-0.05, 0) is 46.3 Å². The Hall–Kier alpha value is -0.910. The number of nitrogens with one attached hydrogen (secondary N) is 1. The van der Waals surface area contributed by atoms with Crippen LogP contribution >= 0.6 is 11.3 Å². The molecule has 2 atom stereocenters. The molecule has 4 nitrogen and oxygen atoms in total. The average molecular weight is 281 g/mol. The number of amides is 1. The maximum Gasteiger partial charge on any atom is 0.241 e. The number of likely N-dealkylation sites (N-methyl/N-ethyl adjacent to an activating group) is 1. The summed E-state index contributed by atoms with van der Waals surface area (Å²) in [4.78, 5) is 17.7. The van der Waals surface area contributed by atoms with Gasteiger partial charge in [-0.25, -0.2) is 0 Å². The zero-order valence-electron chi connectivity index (χ0n) is 12.3. The molecule has 1 aromatic heterocycles. The lowest BCUT2D eigenvalue weighted by atomic mass is 10.0. The fourth-order valence-corrected chi connectivity index (χ4v) is 2.98. The maximum atomic E-state index is 12.4. The molecule has 0 spiro atoms. The molecule has 0 radical (unpaired) electrons. The molecule has 0 saturated carbocycles. The smallest absolute Gasteiger partial charge is 0.241 e. The van der Waals surface area contributed by atoms with Gasteiger partial charge in [-0.2, -0.15) is 0 Å². The minimum absolute atomic E-state index is 0.0155. The van der Waals surface area contributed by atoms with E-state index in [1.165, 1.54) is 4.88 Å². The van der Waals surface area contributed by atoms with Crippen LogP contribution in [0.4, 0.5) is 0 Å². The summed E-state index contributed by atoms with van der Waals surface area (Å²) in [6.45, 7) is 6.98. The third-order valence-corrected chi connectivity index (χ3v) is 4.88. The lowest BCUT2D eigenvalue weighted by Crippen LogP contribution is -2.49. The van der Waals surface area contributed by atoms with Crippen LogP contribution in [-0.4, -0.2) is 47.9 Å². The van der Waals surface area contributed by atoms with Gasteiger partial charge >= 0.3 is 0 Å². The number of rotatable bonds is 4. The summed E-state index contributed by atoms with van der Waals surface area (Å²) in [5, 5.41) is 5.44. The second kappa shape index (κ2) is 5.23. The minimum Gasteiger partial charge on any atom is -0.319 e. The fraction of sp³-hybridized carbons (Fsp3) is 0.643. The molecule has 2 rings (SSSR count). The van der Waals surface area contributed by atoms with Crippen molar-refractivity contribution in [2.75, 3.05) is 20.6 Å². The Kier molecular flexibility index (Phi) is 3.99. The van der Waals surface area contributed by atoms with E-state index in [4.69, 9.17) is 0 Å². The first-order valence-corrected chi connectivity index (χ1v) is 7.48. The molecule has 2 unspecified atom stereocenters. The standard InChI is InChI=1S/C14H23N3OS/c1-10-13(18)17(9-14(2,3)16(4)5)12(15-10)11-7-6-8-19-11/h6-8,10,12,15H,9H2,1-5H3. The molecule has 1 saturated heterocycles. The van der Waals surface area contributed by atoms with Gasteiger partial charge in [0.25, 0.3) is 0 Å². The molecule has 5 heteroatoms. The first kappa shape index (κ1) is 14.5. The second-order valence-corrected chi connectivity index (χ2v) is 6.96. The predicted molar refractivity (Wildman–Crippen MR) is 79.1 cm³/mol. The number of thiophene rings is 1. The van der Waals surface area contributed by atoms with Crippen LogP contribution in [0, 0.1) is 0 Å². The molecule has 0 bridgehead atoms. The van der Waals surface area contributed by atoms with Gasteiger partial charge in [-0.1, -0.05) is 6.07 Å². The van der Waals surface area contributed by atoms with Gasteiger partial charge < -0.3 is 9.80 Å². The van der Waals surface area contributed by atoms with Crippen molar-refractivity contribution in [3.8, 4) is 0 Å². The van der Waals surface area contributed by atoms with Crippen LogP contribution in [0.1, 0.15) is 31.8 Å². The SMILES string of the molecule is CC1NC(c2cccs2)N(CC(C)(C)N(C)C)C1=O. The number of nitrogens with zero attached hydrogens (tertiary/aromatic N) is 2. The van der Waals surface area contributed by atoms with Crippen molar-refractivity contribution in [1.82, 2.24) is 15.1 Å². The van der Waals surface area contributed by atoms with Crippen molar-refractivity contribution in [2.45, 2.75) is 38.5 Å². The first-order chi connectivity index (χ1) is 8.83. The van der Waals surface area contributed by atoms with Crippen LogP contribution < -0.4 is 5.32 Å². The van der Waals surface area contributed by atoms with Gasteiger partial charge in [0, 0.05) is 17.0 Å². The Balaban J connectivity index is 2.22. The first-order valence-electron chi connectivity index (χ1n) is 6.60. The zero-order valence-corrected chi connectivity index (χ0v) is 13.1. The maximum absolute atomic E-state index is 12.4. The van der Waals surface area contributed by atoms with E-state index in [0.29, 0.717) is 0 Å². The van der Waals surface area contributed by atoms with E-state index in [2.05, 4.69) is 49.6 Å². The van der Waals surface area contributed by atoms with Gasteiger partial charge in [0.15, 0.2) is 0 Å². The minimum atomic E-state index is -0.106. The van der Waals surface area contributed by atoms with Crippen LogP contribution in [0.5, 0.6) is 0 Å². The average Bonchev–Trinajstić information content (AvgIpc) is 2.92. The van der Waals surface area contributed by atoms with Crippen LogP contribution in [0.3, 0.4) is 0 Å². The van der Waals surface area contributed by atoms with Crippen LogP contribution in [0.25, 0.3) is 0 Å². The lowest BCUT2D eigenvalue weighted by molar-refractivity contribution is -0.131. The van der Waals surface area contributed by atoms with Gasteiger partial charge in [-0.3, -0.25) is 10.1 Å². The molecular weight excluding hydrogens is 258 g/mol. The number of carbonyl (C=O) groups excluding carboxylic acids is 1. The van der Waals surface area contributed by atoms with E-state index in [1.54, 1.807) is 11.3 Å². The van der Waals surface area contributed by atoms with E-state index in [-0.39, 0.29) is 23.7 Å². The Labute approximate surface area is 119 Å². The fourth-order valence-electron chi connectivity index (χ4n) is 2.18. The Bertz CT molecular complexity index is 442. The predicted octanol–water partition coefficient (Wildman–Crippen LogP) is 1.91. The summed E-state index contributed by atoms with van der Waals surface area (Å²) in [7, 11) is 4.11. The molecule has 106 valence electrons. The van der Waals surface area contributed by atoms with Crippen molar-refractivity contribution in [1.29, 1.82) is 0 Å². The van der Waals surface area contributed by atoms with Gasteiger partial charge in [-0.15, -0.1) is 11.3 Å². The monoisotopic (exact) mass is 281 g/mol. The van der Waals surface area contributed by atoms with Crippen LogP contribution in [0.2, 0.25) is 0 Å². The Morgan fingerprint density at radius 1 is 1.47 bits per heavy atom. The second-order valence-electron chi connectivity index (χ2n) is 5.98. The van der Waals surface area contributed by atoms with Crippen molar-refractivity contribution in [3.05, 3.63) is 22.4 Å². The largest absolute Gasteiger partial charge is 0.319 e. The van der Waals surface area contributed by atoms with Crippen LogP contribution in [-0.2, 0) is 4.79 Å². The van der Waals surface area contributed by atoms with Crippen molar-refractivity contribution in [3.63, 3.8) is 0 Å². The zero-order chi connectivity index (χ0) is 14.2. The van der Waals surface area contributed by atoms with Crippen molar-refractivity contribution >= 4 is 17.2 Å². The van der Waals surface area contributed by atoms with Gasteiger partial charge in [0.2, 0.25) is 5.91 Å². The highest BCUT2D eigenvalue weighted by molar-refractivity contribution is 7.10. The summed E-state index contributed by atoms with van der Waals surface area (Å²) in [6, 6.07) is 4.01. The summed E-state index contributed by atoms with van der Waals surface area (Å²) in [6.07, 6.45) is 0.0155. The molecule has 0 aromatic carbocycles. The lowest BCUT2D eigenvalue weighted by Gasteiger charge is -2.38. The highest BCUT2D eigenvalue weighted by atomic mass is 32.1. The molecule has 1 aliphatic heterocycles. The van der Waals surface area contributed by atoms with Crippen LogP contribution in [0.15, 0.2) is 17.5 Å². The molecule has 1 N–H and O–H groups in total. The summed E-state index contributed by atoms with van der Waals surface area (Å²) in [5.41, 5.74) is -0.0447. The molecular formula is C14H23N3OS. The number of carbonyl (C=O) groups is 1. The van der Waals surface area contributed by atoms with E-state index in [0.717, 1.165) is 6.54 Å². The quantitative estimate of drug-likeness (QED) is 0.916. The molecule has 1 fully saturated rings. The molecule has 19 heavy (non-hydrogen) atoms. The molecule has 2 heterocycles.